The van der Waals surface area contributed by atoms with E-state index in [0.717, 1.165) is 110 Å². The molecule has 0 spiro atoms. The Labute approximate surface area is 357 Å². The number of hydrogen-bond donors (Lipinski definition) is 0. The van der Waals surface area contributed by atoms with Crippen molar-refractivity contribution in [3.8, 4) is 11.5 Å². The fourth-order valence-electron chi connectivity index (χ4n) is 8.50. The van der Waals surface area contributed by atoms with Crippen molar-refractivity contribution < 1.29 is 28.5 Å². The van der Waals surface area contributed by atoms with Crippen molar-refractivity contribution in [3.63, 3.8) is 0 Å². The molecule has 0 N–H and O–H groups in total. The molecule has 2 aromatic heterocycles. The van der Waals surface area contributed by atoms with Gasteiger partial charge in [-0.15, -0.1) is 0 Å². The summed E-state index contributed by atoms with van der Waals surface area (Å²) in [5.41, 5.74) is 3.03. The lowest BCUT2D eigenvalue weighted by Gasteiger charge is -2.37. The van der Waals surface area contributed by atoms with E-state index < -0.39 is 24.1 Å². The summed E-state index contributed by atoms with van der Waals surface area (Å²) >= 11 is 0. The number of carbonyl (C=O) groups is 2. The first-order chi connectivity index (χ1) is 29.1. The average Bonchev–Trinajstić information content (AvgIpc) is 3.26. The second-order valence-electron chi connectivity index (χ2n) is 17.4. The van der Waals surface area contributed by atoms with Gasteiger partial charge in [-0.2, -0.15) is 0 Å². The molecule has 0 saturated carbocycles. The van der Waals surface area contributed by atoms with Gasteiger partial charge in [0.15, 0.2) is 0 Å². The Kier molecular flexibility index (Phi) is 16.9. The molecule has 326 valence electrons. The smallest absolute Gasteiger partial charge is 0.418 e. The van der Waals surface area contributed by atoms with Gasteiger partial charge in [-0.05, 0) is 86.3 Å². The molecule has 0 radical (unpaired) electrons. The van der Waals surface area contributed by atoms with Crippen LogP contribution in [0.2, 0.25) is 0 Å². The van der Waals surface area contributed by atoms with Gasteiger partial charge in [-0.3, -0.25) is 19.8 Å². The number of aromatic nitrogens is 2. The van der Waals surface area contributed by atoms with Crippen LogP contribution in [0, 0.1) is 11.8 Å². The number of methoxy groups -OCH3 is 2. The molecule has 2 aliphatic heterocycles. The van der Waals surface area contributed by atoms with Crippen molar-refractivity contribution in [3.05, 3.63) is 72.1 Å². The summed E-state index contributed by atoms with van der Waals surface area (Å²) in [5.74, 6) is 0.742. The second-order valence-corrected chi connectivity index (χ2v) is 17.4. The van der Waals surface area contributed by atoms with E-state index in [1.54, 1.807) is 26.6 Å². The average molecular weight is 825 g/mol. The topological polar surface area (TPSA) is 110 Å². The fourth-order valence-corrected chi connectivity index (χ4v) is 8.50. The third-order valence-corrected chi connectivity index (χ3v) is 12.1. The number of nitrogens with zero attached hydrogens (tertiary/aromatic N) is 6. The van der Waals surface area contributed by atoms with Crippen LogP contribution in [0.5, 0.6) is 11.5 Å². The van der Waals surface area contributed by atoms with Gasteiger partial charge < -0.3 is 28.7 Å². The lowest BCUT2D eigenvalue weighted by atomic mass is 10.0. The predicted octanol–water partition coefficient (Wildman–Crippen LogP) is 7.56. The van der Waals surface area contributed by atoms with E-state index in [-0.39, 0.29) is 0 Å². The molecule has 2 atom stereocenters. The minimum Gasteiger partial charge on any atom is -0.497 e. The Bertz CT molecular complexity index is 1830. The predicted molar refractivity (Wildman–Crippen MR) is 237 cm³/mol. The minimum absolute atomic E-state index is 0.427. The first kappa shape index (κ1) is 45.2. The van der Waals surface area contributed by atoms with E-state index >= 15 is 0 Å². The number of benzene rings is 2. The molecule has 2 saturated heterocycles. The second kappa shape index (κ2) is 22.5. The maximum atomic E-state index is 14.1. The number of hydrogen-bond acceptors (Lipinski definition) is 12. The van der Waals surface area contributed by atoms with E-state index in [9.17, 15) is 9.59 Å². The number of piperazine rings is 2. The van der Waals surface area contributed by atoms with Crippen LogP contribution in [0.3, 0.4) is 0 Å². The van der Waals surface area contributed by atoms with E-state index in [2.05, 4.69) is 57.3 Å². The van der Waals surface area contributed by atoms with Crippen molar-refractivity contribution in [1.82, 2.24) is 29.6 Å². The zero-order valence-corrected chi connectivity index (χ0v) is 36.9. The van der Waals surface area contributed by atoms with Crippen molar-refractivity contribution >= 4 is 33.7 Å². The van der Waals surface area contributed by atoms with Gasteiger partial charge in [0.05, 0.1) is 25.3 Å². The summed E-state index contributed by atoms with van der Waals surface area (Å²) < 4.78 is 23.6. The molecule has 4 heterocycles. The maximum absolute atomic E-state index is 14.1. The Morgan fingerprint density at radius 2 is 0.933 bits per heavy atom. The van der Waals surface area contributed by atoms with E-state index in [1.165, 1.54) is 38.5 Å². The van der Waals surface area contributed by atoms with Gasteiger partial charge in [0.2, 0.25) is 0 Å². The van der Waals surface area contributed by atoms with Crippen LogP contribution in [0.25, 0.3) is 21.8 Å². The van der Waals surface area contributed by atoms with Gasteiger partial charge in [0.1, 0.15) is 23.7 Å². The largest absolute Gasteiger partial charge is 0.497 e. The third-order valence-electron chi connectivity index (χ3n) is 12.1. The molecule has 0 unspecified atom stereocenters. The van der Waals surface area contributed by atoms with Crippen LogP contribution in [0.4, 0.5) is 0 Å². The first-order valence-electron chi connectivity index (χ1n) is 22.3. The van der Waals surface area contributed by atoms with Crippen LogP contribution < -0.4 is 9.47 Å². The molecule has 6 rings (SSSR count). The quantitative estimate of drug-likeness (QED) is 0.0499. The number of unbranched alkanes of at least 4 members (excludes halogenated alkanes) is 2. The highest BCUT2D eigenvalue weighted by Gasteiger charge is 2.32. The number of rotatable bonds is 20. The number of ether oxygens (including phenoxy) is 4. The highest BCUT2D eigenvalue weighted by molar-refractivity contribution is 6.29. The molecule has 2 fully saturated rings. The molecular weight excluding hydrogens is 757 g/mol. The molecule has 0 bridgehead atoms. The molecule has 4 aromatic rings. The highest BCUT2D eigenvalue weighted by atomic mass is 16.6. The van der Waals surface area contributed by atoms with Crippen molar-refractivity contribution in [2.75, 3.05) is 92.8 Å². The minimum atomic E-state index is -1.02. The normalized spacial score (nSPS) is 17.0. The number of esters is 2. The zero-order chi connectivity index (χ0) is 42.4. The lowest BCUT2D eigenvalue weighted by Crippen LogP contribution is -2.48. The van der Waals surface area contributed by atoms with Gasteiger partial charge in [-0.25, -0.2) is 9.59 Å². The Morgan fingerprint density at radius 3 is 1.30 bits per heavy atom. The summed E-state index contributed by atoms with van der Waals surface area (Å²) in [4.78, 5) is 47.0. The molecule has 12 heteroatoms. The molecule has 2 aromatic carbocycles. The summed E-state index contributed by atoms with van der Waals surface area (Å²) in [7, 11) is 3.25. The van der Waals surface area contributed by atoms with Crippen LogP contribution >= 0.6 is 0 Å². The van der Waals surface area contributed by atoms with Gasteiger partial charge in [-0.1, -0.05) is 53.4 Å². The standard InChI is InChI=1S/C48H68N6O6/c1-35(2)11-7-9-21-51-23-27-53(28-24-51)33-45(39-17-19-49-43-15-13-37(57-5)31-41(39)43)59-47(55)48(56)60-46(40-18-20-50-44-16-14-38(58-6)32-42(40)44)34-54-29-25-52(26-30-54)22-10-8-12-36(3)4/h13-20,31-32,35-36,45-46H,7-12,21-30,33-34H2,1-6H3/t45-,46-/m1/s1. The highest BCUT2D eigenvalue weighted by Crippen LogP contribution is 2.32. The van der Waals surface area contributed by atoms with Crippen molar-refractivity contribution in [1.29, 1.82) is 0 Å². The van der Waals surface area contributed by atoms with E-state index in [4.69, 9.17) is 18.9 Å². The van der Waals surface area contributed by atoms with Gasteiger partial charge >= 0.3 is 11.9 Å². The molecule has 0 aliphatic carbocycles. The summed E-state index contributed by atoms with van der Waals surface area (Å²) in [6.07, 6.45) is 9.34. The third kappa shape index (κ3) is 12.8. The summed E-state index contributed by atoms with van der Waals surface area (Å²) in [5, 5.41) is 1.61. The molecule has 12 nitrogen and oxygen atoms in total. The van der Waals surface area contributed by atoms with Crippen LogP contribution in [0.15, 0.2) is 60.9 Å². The first-order valence-corrected chi connectivity index (χ1v) is 22.3. The molecule has 60 heavy (non-hydrogen) atoms. The van der Waals surface area contributed by atoms with Crippen LogP contribution in [-0.2, 0) is 19.1 Å². The van der Waals surface area contributed by atoms with Crippen molar-refractivity contribution in [2.45, 2.75) is 78.4 Å². The number of pyridine rings is 2. The molecule has 2 aliphatic rings. The van der Waals surface area contributed by atoms with Crippen LogP contribution in [-0.4, -0.2) is 134 Å². The van der Waals surface area contributed by atoms with Crippen molar-refractivity contribution in [2.24, 2.45) is 11.8 Å². The summed E-state index contributed by atoms with van der Waals surface area (Å²) in [6.45, 7) is 19.2. The van der Waals surface area contributed by atoms with Crippen LogP contribution in [0.1, 0.15) is 89.6 Å². The van der Waals surface area contributed by atoms with E-state index in [1.807, 2.05) is 48.5 Å². The fraction of sp³-hybridized carbons (Fsp3) is 0.583. The number of fused-ring (bicyclic) bond motifs is 2. The molecule has 0 amide bonds. The monoisotopic (exact) mass is 825 g/mol. The number of carbonyl (C=O) groups excluding carboxylic acids is 2. The SMILES string of the molecule is COc1ccc2nccc([C@@H](CN3CCN(CCCCC(C)C)CC3)OC(=O)C(=O)O[C@H](CN3CCN(CCCCC(C)C)CC3)c3ccnc4ccc(OC)cc34)c2c1. The lowest BCUT2D eigenvalue weighted by molar-refractivity contribution is -0.175. The van der Waals surface area contributed by atoms with E-state index in [0.29, 0.717) is 24.6 Å². The Balaban J connectivity index is 1.19. The summed E-state index contributed by atoms with van der Waals surface area (Å²) in [6, 6.07) is 15.1. The maximum Gasteiger partial charge on any atom is 0.418 e. The zero-order valence-electron chi connectivity index (χ0n) is 36.9. The van der Waals surface area contributed by atoms with Gasteiger partial charge in [0.25, 0.3) is 0 Å². The molecular formula is C48H68N6O6. The Morgan fingerprint density at radius 1 is 0.550 bits per heavy atom. The Hall–Kier alpha value is -4.36. The van der Waals surface area contributed by atoms with Gasteiger partial charge in [0, 0.05) is 99.7 Å².